The number of benzene rings is 1. The van der Waals surface area contributed by atoms with E-state index in [2.05, 4.69) is 18.9 Å². The summed E-state index contributed by atoms with van der Waals surface area (Å²) in [6, 6.07) is 15.2. The number of amides is 1. The molecule has 0 radical (unpaired) electrons. The van der Waals surface area contributed by atoms with E-state index in [1.54, 1.807) is 17.0 Å². The second kappa shape index (κ2) is 6.70. The average Bonchev–Trinajstić information content (AvgIpc) is 3.33. The maximum absolute atomic E-state index is 13.4. The molecule has 0 bridgehead atoms. The Morgan fingerprint density at radius 2 is 2.00 bits per heavy atom. The number of carbonyl (C=O) groups is 1. The topological polar surface area (TPSA) is 77.3 Å². The third kappa shape index (κ3) is 3.28. The number of rotatable bonds is 3. The highest BCUT2D eigenvalue weighted by Crippen LogP contribution is 2.30. The molecule has 3 aromatic rings. The van der Waals surface area contributed by atoms with E-state index in [0.717, 1.165) is 12.1 Å². The predicted octanol–water partition coefficient (Wildman–Crippen LogP) is 3.33. The second-order valence-corrected chi connectivity index (χ2v) is 7.75. The van der Waals surface area contributed by atoms with E-state index in [4.69, 9.17) is 10.2 Å². The molecule has 1 saturated heterocycles. The Morgan fingerprint density at radius 1 is 1.22 bits per heavy atom. The first-order chi connectivity index (χ1) is 13.0. The molecule has 1 fully saturated rings. The van der Waals surface area contributed by atoms with Crippen LogP contribution in [0.15, 0.2) is 59.2 Å². The van der Waals surface area contributed by atoms with Crippen molar-refractivity contribution in [3.8, 4) is 17.1 Å². The van der Waals surface area contributed by atoms with Gasteiger partial charge in [0.1, 0.15) is 11.4 Å². The van der Waals surface area contributed by atoms with Crippen molar-refractivity contribution in [3.63, 3.8) is 0 Å². The standard InChI is InChI=1S/C21H24N4O2/c1-21(2)14-24(11-10-19(21)22)20(26)17-13-16(18-9-6-12-27-18)23-25(17)15-7-4-3-5-8-15/h3-9,12-13,19H,10-11,14,22H2,1-2H3. The first-order valence-electron chi connectivity index (χ1n) is 9.20. The van der Waals surface area contributed by atoms with Gasteiger partial charge in [-0.25, -0.2) is 4.68 Å². The summed E-state index contributed by atoms with van der Waals surface area (Å²) in [5.74, 6) is 0.601. The lowest BCUT2D eigenvalue weighted by Crippen LogP contribution is -2.54. The molecule has 0 aliphatic carbocycles. The second-order valence-electron chi connectivity index (χ2n) is 7.75. The van der Waals surface area contributed by atoms with E-state index in [-0.39, 0.29) is 17.4 Å². The quantitative estimate of drug-likeness (QED) is 0.773. The monoisotopic (exact) mass is 364 g/mol. The lowest BCUT2D eigenvalue weighted by Gasteiger charge is -2.42. The first-order valence-corrected chi connectivity index (χ1v) is 9.20. The summed E-state index contributed by atoms with van der Waals surface area (Å²) in [5.41, 5.74) is 8.12. The van der Waals surface area contributed by atoms with Crippen LogP contribution in [0.5, 0.6) is 0 Å². The molecule has 1 amide bonds. The number of furan rings is 1. The normalized spacial score (nSPS) is 19.2. The Hall–Kier alpha value is -2.86. The van der Waals surface area contributed by atoms with Gasteiger partial charge in [-0.1, -0.05) is 32.0 Å². The SMILES string of the molecule is CC1(C)CN(C(=O)c2cc(-c3ccco3)nn2-c2ccccc2)CCC1N. The smallest absolute Gasteiger partial charge is 0.272 e. The molecule has 1 aliphatic heterocycles. The van der Waals surface area contributed by atoms with Gasteiger partial charge in [0, 0.05) is 25.2 Å². The Labute approximate surface area is 158 Å². The maximum Gasteiger partial charge on any atom is 0.272 e. The van der Waals surface area contributed by atoms with Crippen LogP contribution in [0, 0.1) is 5.41 Å². The Kier molecular flexibility index (Phi) is 4.36. The number of piperidine rings is 1. The highest BCUT2D eigenvalue weighted by atomic mass is 16.3. The average molecular weight is 364 g/mol. The minimum atomic E-state index is -0.116. The number of para-hydroxylation sites is 1. The summed E-state index contributed by atoms with van der Waals surface area (Å²) in [5, 5.41) is 4.64. The molecular weight excluding hydrogens is 340 g/mol. The molecule has 3 heterocycles. The maximum atomic E-state index is 13.4. The zero-order valence-electron chi connectivity index (χ0n) is 15.6. The third-order valence-corrected chi connectivity index (χ3v) is 5.30. The number of hydrogen-bond acceptors (Lipinski definition) is 4. The van der Waals surface area contributed by atoms with Crippen molar-refractivity contribution in [2.45, 2.75) is 26.3 Å². The van der Waals surface area contributed by atoms with Gasteiger partial charge in [-0.3, -0.25) is 4.79 Å². The van der Waals surface area contributed by atoms with Gasteiger partial charge >= 0.3 is 0 Å². The lowest BCUT2D eigenvalue weighted by atomic mass is 9.79. The molecule has 2 N–H and O–H groups in total. The lowest BCUT2D eigenvalue weighted by molar-refractivity contribution is 0.0524. The molecule has 1 aromatic carbocycles. The number of likely N-dealkylation sites (tertiary alicyclic amines) is 1. The zero-order valence-corrected chi connectivity index (χ0v) is 15.6. The largest absolute Gasteiger partial charge is 0.463 e. The van der Waals surface area contributed by atoms with Crippen LogP contribution in [-0.4, -0.2) is 39.7 Å². The third-order valence-electron chi connectivity index (χ3n) is 5.30. The van der Waals surface area contributed by atoms with E-state index in [0.29, 0.717) is 30.2 Å². The van der Waals surface area contributed by atoms with E-state index in [1.165, 1.54) is 0 Å². The van der Waals surface area contributed by atoms with Gasteiger partial charge in [-0.15, -0.1) is 0 Å². The summed E-state index contributed by atoms with van der Waals surface area (Å²) in [7, 11) is 0. The van der Waals surface area contributed by atoms with E-state index in [9.17, 15) is 4.79 Å². The number of hydrogen-bond donors (Lipinski definition) is 1. The number of aromatic nitrogens is 2. The fraction of sp³-hybridized carbons (Fsp3) is 0.333. The summed E-state index contributed by atoms with van der Waals surface area (Å²) >= 11 is 0. The molecule has 1 aliphatic rings. The minimum absolute atomic E-state index is 0.0378. The highest BCUT2D eigenvalue weighted by molar-refractivity contribution is 5.94. The van der Waals surface area contributed by atoms with E-state index in [1.807, 2.05) is 47.4 Å². The van der Waals surface area contributed by atoms with Gasteiger partial charge in [0.2, 0.25) is 0 Å². The Morgan fingerprint density at radius 3 is 2.67 bits per heavy atom. The molecule has 6 heteroatoms. The van der Waals surface area contributed by atoms with Crippen molar-refractivity contribution >= 4 is 5.91 Å². The van der Waals surface area contributed by atoms with Gasteiger partial charge in [0.15, 0.2) is 5.76 Å². The molecule has 6 nitrogen and oxygen atoms in total. The van der Waals surface area contributed by atoms with Crippen LogP contribution in [-0.2, 0) is 0 Å². The number of nitrogens with zero attached hydrogens (tertiary/aromatic N) is 3. The summed E-state index contributed by atoms with van der Waals surface area (Å²) in [6.45, 7) is 5.50. The van der Waals surface area contributed by atoms with Crippen molar-refractivity contribution in [2.75, 3.05) is 13.1 Å². The molecule has 1 atom stereocenters. The number of carbonyl (C=O) groups excluding carboxylic acids is 1. The fourth-order valence-electron chi connectivity index (χ4n) is 3.55. The first kappa shape index (κ1) is 17.5. The van der Waals surface area contributed by atoms with Crippen molar-refractivity contribution in [3.05, 3.63) is 60.5 Å². The van der Waals surface area contributed by atoms with Crippen LogP contribution in [0.3, 0.4) is 0 Å². The Bertz CT molecular complexity index is 929. The van der Waals surface area contributed by atoms with Crippen LogP contribution >= 0.6 is 0 Å². The van der Waals surface area contributed by atoms with Gasteiger partial charge in [0.05, 0.1) is 12.0 Å². The van der Waals surface area contributed by atoms with Gasteiger partial charge in [-0.05, 0) is 36.1 Å². The van der Waals surface area contributed by atoms with E-state index < -0.39 is 0 Å². The highest BCUT2D eigenvalue weighted by Gasteiger charge is 2.36. The van der Waals surface area contributed by atoms with Gasteiger partial charge < -0.3 is 15.1 Å². The molecule has 27 heavy (non-hydrogen) atoms. The van der Waals surface area contributed by atoms with Crippen molar-refractivity contribution < 1.29 is 9.21 Å². The van der Waals surface area contributed by atoms with Crippen LogP contribution in [0.25, 0.3) is 17.1 Å². The molecular formula is C21H24N4O2. The van der Waals surface area contributed by atoms with E-state index >= 15 is 0 Å². The minimum Gasteiger partial charge on any atom is -0.463 e. The molecule has 2 aromatic heterocycles. The summed E-state index contributed by atoms with van der Waals surface area (Å²) in [6.07, 6.45) is 2.40. The predicted molar refractivity (Wildman–Crippen MR) is 104 cm³/mol. The van der Waals surface area contributed by atoms with Gasteiger partial charge in [-0.2, -0.15) is 5.10 Å². The fourth-order valence-corrected chi connectivity index (χ4v) is 3.55. The molecule has 0 saturated carbocycles. The molecule has 1 unspecified atom stereocenters. The van der Waals surface area contributed by atoms with Gasteiger partial charge in [0.25, 0.3) is 5.91 Å². The summed E-state index contributed by atoms with van der Waals surface area (Å²) < 4.78 is 7.18. The van der Waals surface area contributed by atoms with Crippen LogP contribution in [0.4, 0.5) is 0 Å². The molecule has 4 rings (SSSR count). The molecule has 140 valence electrons. The van der Waals surface area contributed by atoms with Crippen LogP contribution in [0.1, 0.15) is 30.8 Å². The number of nitrogens with two attached hydrogens (primary N) is 1. The molecule has 0 spiro atoms. The zero-order chi connectivity index (χ0) is 19.0. The van der Waals surface area contributed by atoms with Crippen molar-refractivity contribution in [1.82, 2.24) is 14.7 Å². The van der Waals surface area contributed by atoms with Crippen LogP contribution < -0.4 is 5.73 Å². The van der Waals surface area contributed by atoms with Crippen molar-refractivity contribution in [1.29, 1.82) is 0 Å². The van der Waals surface area contributed by atoms with Crippen LogP contribution in [0.2, 0.25) is 0 Å². The Balaban J connectivity index is 1.74. The summed E-state index contributed by atoms with van der Waals surface area (Å²) in [4.78, 5) is 15.2. The van der Waals surface area contributed by atoms with Crippen molar-refractivity contribution in [2.24, 2.45) is 11.1 Å².